The fourth-order valence-electron chi connectivity index (χ4n) is 2.76. The van der Waals surface area contributed by atoms with E-state index in [1.54, 1.807) is 67.8 Å². The fourth-order valence-corrected chi connectivity index (χ4v) is 4.05. The number of carbonyl (C=O) groups excluding carboxylic acids is 1. The first kappa shape index (κ1) is 20.4. The molecule has 3 aromatic rings. The molecule has 1 heterocycles. The molecule has 0 aliphatic rings. The van der Waals surface area contributed by atoms with Crippen molar-refractivity contribution in [3.63, 3.8) is 0 Å². The molecule has 2 aromatic carbocycles. The second-order valence-corrected chi connectivity index (χ2v) is 8.24. The van der Waals surface area contributed by atoms with Crippen LogP contribution in [0.4, 0.5) is 5.69 Å². The minimum absolute atomic E-state index is 0.201. The Hall–Kier alpha value is -3.32. The van der Waals surface area contributed by atoms with E-state index >= 15 is 0 Å². The van der Waals surface area contributed by atoms with E-state index in [-0.39, 0.29) is 16.8 Å². The summed E-state index contributed by atoms with van der Waals surface area (Å²) >= 11 is 0. The van der Waals surface area contributed by atoms with Gasteiger partial charge in [-0.2, -0.15) is 0 Å². The lowest BCUT2D eigenvalue weighted by Gasteiger charge is -2.13. The van der Waals surface area contributed by atoms with Crippen LogP contribution >= 0.6 is 0 Å². The van der Waals surface area contributed by atoms with Gasteiger partial charge in [-0.3, -0.25) is 9.52 Å². The van der Waals surface area contributed by atoms with E-state index in [4.69, 9.17) is 4.42 Å². The number of rotatable bonds is 7. The summed E-state index contributed by atoms with van der Waals surface area (Å²) in [7, 11) is -3.75. The van der Waals surface area contributed by atoms with Crippen LogP contribution in [0, 0.1) is 6.92 Å². The Morgan fingerprint density at radius 3 is 2.59 bits per heavy atom. The minimum atomic E-state index is -3.75. The Morgan fingerprint density at radius 1 is 1.07 bits per heavy atom. The average molecular weight is 410 g/mol. The number of anilines is 1. The van der Waals surface area contributed by atoms with Gasteiger partial charge in [-0.15, -0.1) is 0 Å². The van der Waals surface area contributed by atoms with Gasteiger partial charge in [-0.05, 0) is 61.9 Å². The number of aryl methyl sites for hydroxylation is 1. The predicted molar refractivity (Wildman–Crippen MR) is 113 cm³/mol. The van der Waals surface area contributed by atoms with Crippen LogP contribution in [0.25, 0.3) is 6.08 Å². The number of hydrogen-bond acceptors (Lipinski definition) is 4. The van der Waals surface area contributed by atoms with Gasteiger partial charge in [-0.1, -0.05) is 30.3 Å². The molecule has 0 fully saturated rings. The third-order valence-electron chi connectivity index (χ3n) is 4.21. The van der Waals surface area contributed by atoms with Gasteiger partial charge in [-0.25, -0.2) is 8.42 Å². The van der Waals surface area contributed by atoms with Crippen LogP contribution in [0.2, 0.25) is 0 Å². The zero-order chi connectivity index (χ0) is 20.9. The zero-order valence-electron chi connectivity index (χ0n) is 16.1. The number of furan rings is 1. The Labute approximate surface area is 170 Å². The molecular formula is C22H22N2O4S. The van der Waals surface area contributed by atoms with Gasteiger partial charge in [0.05, 0.1) is 11.2 Å². The van der Waals surface area contributed by atoms with Crippen molar-refractivity contribution in [1.82, 2.24) is 5.32 Å². The van der Waals surface area contributed by atoms with Gasteiger partial charge >= 0.3 is 0 Å². The van der Waals surface area contributed by atoms with Crippen molar-refractivity contribution in [1.29, 1.82) is 0 Å². The predicted octanol–water partition coefficient (Wildman–Crippen LogP) is 4.22. The van der Waals surface area contributed by atoms with E-state index in [9.17, 15) is 13.2 Å². The molecule has 7 heteroatoms. The van der Waals surface area contributed by atoms with Crippen molar-refractivity contribution in [3.8, 4) is 0 Å². The number of nitrogens with one attached hydrogen (secondary N) is 2. The standard InChI is InChI=1S/C22H22N2O4S/c1-16-7-3-4-11-21(16)29(26,27)24-19-9-5-8-18(15-19)22(25)23-17(2)12-13-20-10-6-14-28-20/h3-15,17,24H,1-2H3,(H,23,25)/b13-12+. The lowest BCUT2D eigenvalue weighted by atomic mass is 10.1. The number of benzene rings is 2. The highest BCUT2D eigenvalue weighted by molar-refractivity contribution is 7.92. The molecule has 0 bridgehead atoms. The summed E-state index contributed by atoms with van der Waals surface area (Å²) in [4.78, 5) is 12.7. The quantitative estimate of drug-likeness (QED) is 0.610. The lowest BCUT2D eigenvalue weighted by molar-refractivity contribution is 0.0947. The first-order valence-electron chi connectivity index (χ1n) is 9.06. The molecule has 6 nitrogen and oxygen atoms in total. The molecule has 2 N–H and O–H groups in total. The van der Waals surface area contributed by atoms with Crippen molar-refractivity contribution >= 4 is 27.7 Å². The molecule has 0 aliphatic carbocycles. The topological polar surface area (TPSA) is 88.4 Å². The van der Waals surface area contributed by atoms with Gasteiger partial charge in [0.15, 0.2) is 0 Å². The maximum atomic E-state index is 12.6. The normalized spacial score (nSPS) is 12.6. The van der Waals surface area contributed by atoms with E-state index in [0.717, 1.165) is 0 Å². The molecule has 0 aliphatic heterocycles. The van der Waals surface area contributed by atoms with Crippen LogP contribution < -0.4 is 10.0 Å². The van der Waals surface area contributed by atoms with Crippen molar-refractivity contribution in [2.24, 2.45) is 0 Å². The second kappa shape index (κ2) is 8.79. The van der Waals surface area contributed by atoms with Gasteiger partial charge in [0.25, 0.3) is 15.9 Å². The Balaban J connectivity index is 1.70. The molecule has 1 atom stereocenters. The minimum Gasteiger partial charge on any atom is -0.465 e. The molecule has 1 unspecified atom stereocenters. The number of carbonyl (C=O) groups is 1. The Kier molecular flexibility index (Phi) is 6.19. The van der Waals surface area contributed by atoms with E-state index in [0.29, 0.717) is 22.6 Å². The molecule has 0 spiro atoms. The highest BCUT2D eigenvalue weighted by Gasteiger charge is 2.17. The third-order valence-corrected chi connectivity index (χ3v) is 5.75. The van der Waals surface area contributed by atoms with Crippen molar-refractivity contribution in [3.05, 3.63) is 89.9 Å². The number of sulfonamides is 1. The Bertz CT molecular complexity index is 1120. The summed E-state index contributed by atoms with van der Waals surface area (Å²) in [6, 6.07) is 16.5. The van der Waals surface area contributed by atoms with Gasteiger partial charge < -0.3 is 9.73 Å². The molecule has 3 rings (SSSR count). The average Bonchev–Trinajstić information content (AvgIpc) is 3.20. The van der Waals surface area contributed by atoms with Gasteiger partial charge in [0.1, 0.15) is 5.76 Å². The molecule has 29 heavy (non-hydrogen) atoms. The molecule has 0 saturated heterocycles. The van der Waals surface area contributed by atoms with Crippen molar-refractivity contribution in [2.45, 2.75) is 24.8 Å². The summed E-state index contributed by atoms with van der Waals surface area (Å²) in [5.74, 6) is 0.386. The van der Waals surface area contributed by atoms with Crippen molar-refractivity contribution < 1.29 is 17.6 Å². The maximum Gasteiger partial charge on any atom is 0.262 e. The van der Waals surface area contributed by atoms with Crippen LogP contribution in [0.3, 0.4) is 0 Å². The van der Waals surface area contributed by atoms with Gasteiger partial charge in [0, 0.05) is 17.3 Å². The van der Waals surface area contributed by atoms with E-state index in [2.05, 4.69) is 10.0 Å². The molecule has 0 radical (unpaired) electrons. The van der Waals surface area contributed by atoms with Crippen molar-refractivity contribution in [2.75, 3.05) is 4.72 Å². The number of amides is 1. The third kappa shape index (κ3) is 5.36. The SMILES string of the molecule is Cc1ccccc1S(=O)(=O)Nc1cccc(C(=O)NC(C)/C=C/c2ccco2)c1. The monoisotopic (exact) mass is 410 g/mol. The van der Waals surface area contributed by atoms with E-state index in [1.165, 1.54) is 6.07 Å². The van der Waals surface area contributed by atoms with Crippen LogP contribution in [-0.2, 0) is 10.0 Å². The summed E-state index contributed by atoms with van der Waals surface area (Å²) in [5.41, 5.74) is 1.32. The molecular weight excluding hydrogens is 388 g/mol. The van der Waals surface area contributed by atoms with Crippen LogP contribution in [0.1, 0.15) is 28.6 Å². The van der Waals surface area contributed by atoms with E-state index < -0.39 is 10.0 Å². The largest absolute Gasteiger partial charge is 0.465 e. The molecule has 0 saturated carbocycles. The second-order valence-electron chi connectivity index (χ2n) is 6.59. The summed E-state index contributed by atoms with van der Waals surface area (Å²) in [5, 5.41) is 2.84. The first-order valence-corrected chi connectivity index (χ1v) is 10.5. The highest BCUT2D eigenvalue weighted by atomic mass is 32.2. The zero-order valence-corrected chi connectivity index (χ0v) is 16.9. The van der Waals surface area contributed by atoms with Crippen LogP contribution in [0.15, 0.2) is 82.3 Å². The smallest absolute Gasteiger partial charge is 0.262 e. The molecule has 1 amide bonds. The number of hydrogen-bond donors (Lipinski definition) is 2. The fraction of sp³-hybridized carbons (Fsp3) is 0.136. The molecule has 150 valence electrons. The van der Waals surface area contributed by atoms with E-state index in [1.807, 2.05) is 19.1 Å². The Morgan fingerprint density at radius 2 is 1.86 bits per heavy atom. The van der Waals surface area contributed by atoms with Crippen LogP contribution in [-0.4, -0.2) is 20.4 Å². The summed E-state index contributed by atoms with van der Waals surface area (Å²) in [6.45, 7) is 3.57. The van der Waals surface area contributed by atoms with Crippen LogP contribution in [0.5, 0.6) is 0 Å². The first-order chi connectivity index (χ1) is 13.8. The molecule has 1 aromatic heterocycles. The summed E-state index contributed by atoms with van der Waals surface area (Å²) < 4.78 is 33.0. The van der Waals surface area contributed by atoms with Gasteiger partial charge in [0.2, 0.25) is 0 Å². The maximum absolute atomic E-state index is 12.6. The lowest BCUT2D eigenvalue weighted by Crippen LogP contribution is -2.31. The summed E-state index contributed by atoms with van der Waals surface area (Å²) in [6.07, 6.45) is 5.16. The highest BCUT2D eigenvalue weighted by Crippen LogP contribution is 2.20.